The van der Waals surface area contributed by atoms with Gasteiger partial charge in [0.05, 0.1) is 4.92 Å². The summed E-state index contributed by atoms with van der Waals surface area (Å²) < 4.78 is 5.73. The lowest BCUT2D eigenvalue weighted by Gasteiger charge is -2.07. The van der Waals surface area contributed by atoms with Crippen LogP contribution in [0.5, 0.6) is 0 Å². The van der Waals surface area contributed by atoms with Crippen molar-refractivity contribution in [1.29, 1.82) is 0 Å². The molecule has 3 aromatic carbocycles. The Balaban J connectivity index is 1.52. The summed E-state index contributed by atoms with van der Waals surface area (Å²) in [4.78, 5) is 27.3. The molecule has 1 N–H and O–H groups in total. The van der Waals surface area contributed by atoms with Gasteiger partial charge >= 0.3 is 0 Å². The molecule has 4 rings (SSSR count). The quantitative estimate of drug-likeness (QED) is 0.402. The van der Waals surface area contributed by atoms with Crippen molar-refractivity contribution in [3.8, 4) is 11.5 Å². The largest absolute Gasteiger partial charge is 0.436 e. The van der Waals surface area contributed by atoms with Crippen LogP contribution >= 0.6 is 0 Å². The first-order valence-corrected chi connectivity index (χ1v) is 8.54. The van der Waals surface area contributed by atoms with Crippen LogP contribution in [0.25, 0.3) is 22.6 Å². The number of benzene rings is 3. The maximum Gasteiger partial charge on any atom is 0.272 e. The number of oxazole rings is 1. The molecule has 0 saturated heterocycles. The van der Waals surface area contributed by atoms with Crippen LogP contribution in [0.3, 0.4) is 0 Å². The van der Waals surface area contributed by atoms with Gasteiger partial charge in [-0.2, -0.15) is 0 Å². The molecular weight excluding hydrogens is 358 g/mol. The van der Waals surface area contributed by atoms with Crippen molar-refractivity contribution in [3.05, 3.63) is 88.0 Å². The first-order valence-electron chi connectivity index (χ1n) is 8.54. The summed E-state index contributed by atoms with van der Waals surface area (Å²) in [5.74, 6) is 0.165. The molecule has 0 unspecified atom stereocenters. The minimum atomic E-state index is -0.470. The number of carbonyl (C=O) groups excluding carboxylic acids is 1. The van der Waals surface area contributed by atoms with Gasteiger partial charge in [0.1, 0.15) is 5.52 Å². The summed E-state index contributed by atoms with van der Waals surface area (Å²) in [7, 11) is 0. The second-order valence-electron chi connectivity index (χ2n) is 6.28. The van der Waals surface area contributed by atoms with Crippen LogP contribution in [-0.2, 0) is 0 Å². The van der Waals surface area contributed by atoms with Crippen LogP contribution in [0.4, 0.5) is 11.4 Å². The predicted octanol–water partition coefficient (Wildman–Crippen LogP) is 4.96. The van der Waals surface area contributed by atoms with Crippen molar-refractivity contribution < 1.29 is 14.1 Å². The van der Waals surface area contributed by atoms with E-state index in [2.05, 4.69) is 10.3 Å². The minimum Gasteiger partial charge on any atom is -0.436 e. The van der Waals surface area contributed by atoms with Crippen molar-refractivity contribution >= 4 is 28.4 Å². The lowest BCUT2D eigenvalue weighted by atomic mass is 10.1. The molecule has 0 aliphatic rings. The van der Waals surface area contributed by atoms with Crippen LogP contribution in [0.1, 0.15) is 15.9 Å². The molecule has 0 spiro atoms. The van der Waals surface area contributed by atoms with Gasteiger partial charge in [-0.25, -0.2) is 4.98 Å². The fourth-order valence-electron chi connectivity index (χ4n) is 2.90. The van der Waals surface area contributed by atoms with E-state index < -0.39 is 4.92 Å². The number of rotatable bonds is 4. The Morgan fingerprint density at radius 3 is 2.50 bits per heavy atom. The third-order valence-electron chi connectivity index (χ3n) is 4.34. The molecule has 1 amide bonds. The van der Waals surface area contributed by atoms with Crippen LogP contribution in [0, 0.1) is 17.0 Å². The molecule has 4 aromatic rings. The number of carbonyl (C=O) groups is 1. The van der Waals surface area contributed by atoms with Crippen molar-refractivity contribution in [2.24, 2.45) is 0 Å². The normalized spacial score (nSPS) is 10.8. The molecule has 28 heavy (non-hydrogen) atoms. The standard InChI is InChI=1S/C21H15N3O4/c1-13-12-15(8-11-18(13)24(26)27)20(25)22-16-9-6-14(7-10-16)21-23-17-4-2-3-5-19(17)28-21/h2-12H,1H3,(H,22,25). The highest BCUT2D eigenvalue weighted by Gasteiger charge is 2.14. The van der Waals surface area contributed by atoms with E-state index in [-0.39, 0.29) is 11.6 Å². The van der Waals surface area contributed by atoms with Gasteiger partial charge in [0.2, 0.25) is 5.89 Å². The average molecular weight is 373 g/mol. The second-order valence-corrected chi connectivity index (χ2v) is 6.28. The van der Waals surface area contributed by atoms with E-state index in [1.165, 1.54) is 18.2 Å². The highest BCUT2D eigenvalue weighted by atomic mass is 16.6. The Labute approximate surface area is 159 Å². The zero-order valence-corrected chi connectivity index (χ0v) is 14.9. The molecule has 0 aliphatic heterocycles. The molecule has 0 radical (unpaired) electrons. The molecule has 1 aromatic heterocycles. The monoisotopic (exact) mass is 373 g/mol. The fourth-order valence-corrected chi connectivity index (χ4v) is 2.90. The number of nitrogens with zero attached hydrogens (tertiary/aromatic N) is 2. The van der Waals surface area contributed by atoms with Gasteiger partial charge in [-0.1, -0.05) is 12.1 Å². The third-order valence-corrected chi connectivity index (χ3v) is 4.34. The van der Waals surface area contributed by atoms with Crippen molar-refractivity contribution in [3.63, 3.8) is 0 Å². The molecule has 7 heteroatoms. The van der Waals surface area contributed by atoms with Gasteiger partial charge in [-0.05, 0) is 55.5 Å². The topological polar surface area (TPSA) is 98.3 Å². The number of fused-ring (bicyclic) bond motifs is 1. The number of aryl methyl sites for hydroxylation is 1. The van der Waals surface area contributed by atoms with Crippen LogP contribution in [-0.4, -0.2) is 15.8 Å². The van der Waals surface area contributed by atoms with Crippen molar-refractivity contribution in [2.75, 3.05) is 5.32 Å². The van der Waals surface area contributed by atoms with Crippen LogP contribution in [0.2, 0.25) is 0 Å². The fraction of sp³-hybridized carbons (Fsp3) is 0.0476. The van der Waals surface area contributed by atoms with E-state index in [0.717, 1.165) is 11.1 Å². The van der Waals surface area contributed by atoms with Gasteiger partial charge in [-0.3, -0.25) is 14.9 Å². The molecule has 1 heterocycles. The number of nitro benzene ring substituents is 1. The number of hydrogen-bond acceptors (Lipinski definition) is 5. The number of amides is 1. The van der Waals surface area contributed by atoms with Crippen LogP contribution < -0.4 is 5.32 Å². The molecule has 0 atom stereocenters. The summed E-state index contributed by atoms with van der Waals surface area (Å²) in [6.45, 7) is 1.60. The molecular formula is C21H15N3O4. The zero-order chi connectivity index (χ0) is 19.7. The average Bonchev–Trinajstić information content (AvgIpc) is 3.12. The predicted molar refractivity (Wildman–Crippen MR) is 105 cm³/mol. The summed E-state index contributed by atoms with van der Waals surface area (Å²) in [5.41, 5.74) is 3.66. The van der Waals surface area contributed by atoms with E-state index in [4.69, 9.17) is 4.42 Å². The van der Waals surface area contributed by atoms with Gasteiger partial charge < -0.3 is 9.73 Å². The highest BCUT2D eigenvalue weighted by Crippen LogP contribution is 2.25. The van der Waals surface area contributed by atoms with E-state index in [1.807, 2.05) is 24.3 Å². The van der Waals surface area contributed by atoms with Gasteiger partial charge in [-0.15, -0.1) is 0 Å². The Morgan fingerprint density at radius 2 is 1.82 bits per heavy atom. The number of nitro groups is 1. The first-order chi connectivity index (χ1) is 13.5. The summed E-state index contributed by atoms with van der Waals surface area (Å²) in [5, 5.41) is 13.7. The smallest absolute Gasteiger partial charge is 0.272 e. The number of anilines is 1. The van der Waals surface area contributed by atoms with E-state index in [9.17, 15) is 14.9 Å². The molecule has 7 nitrogen and oxygen atoms in total. The molecule has 138 valence electrons. The number of nitrogens with one attached hydrogen (secondary N) is 1. The SMILES string of the molecule is Cc1cc(C(=O)Nc2ccc(-c3nc4ccccc4o3)cc2)ccc1[N+](=O)[O-]. The maximum atomic E-state index is 12.4. The summed E-state index contributed by atoms with van der Waals surface area (Å²) >= 11 is 0. The number of para-hydroxylation sites is 2. The van der Waals surface area contributed by atoms with Crippen molar-refractivity contribution in [2.45, 2.75) is 6.92 Å². The maximum absolute atomic E-state index is 12.4. The summed E-state index contributed by atoms with van der Waals surface area (Å²) in [6.07, 6.45) is 0. The number of hydrogen-bond donors (Lipinski definition) is 1. The third kappa shape index (κ3) is 3.33. The van der Waals surface area contributed by atoms with E-state index >= 15 is 0 Å². The Morgan fingerprint density at radius 1 is 1.07 bits per heavy atom. The van der Waals surface area contributed by atoms with Gasteiger partial charge in [0.25, 0.3) is 11.6 Å². The molecule has 0 aliphatic carbocycles. The van der Waals surface area contributed by atoms with Crippen molar-refractivity contribution in [1.82, 2.24) is 4.98 Å². The van der Waals surface area contributed by atoms with Gasteiger partial charge in [0.15, 0.2) is 5.58 Å². The zero-order valence-electron chi connectivity index (χ0n) is 14.9. The first kappa shape index (κ1) is 17.4. The minimum absolute atomic E-state index is 0.0146. The lowest BCUT2D eigenvalue weighted by Crippen LogP contribution is -2.12. The number of aromatic nitrogens is 1. The second kappa shape index (κ2) is 6.96. The molecule has 0 saturated carbocycles. The molecule has 0 fully saturated rings. The Kier molecular flexibility index (Phi) is 4.33. The van der Waals surface area contributed by atoms with Crippen LogP contribution in [0.15, 0.2) is 71.1 Å². The lowest BCUT2D eigenvalue weighted by molar-refractivity contribution is -0.385. The Hall–Kier alpha value is -4.00. The molecule has 0 bridgehead atoms. The van der Waals surface area contributed by atoms with E-state index in [0.29, 0.717) is 28.3 Å². The highest BCUT2D eigenvalue weighted by molar-refractivity contribution is 6.04. The summed E-state index contributed by atoms with van der Waals surface area (Å²) in [6, 6.07) is 18.9. The van der Waals surface area contributed by atoms with E-state index in [1.54, 1.807) is 31.2 Å². The Bertz CT molecular complexity index is 1160. The van der Waals surface area contributed by atoms with Gasteiger partial charge in [0, 0.05) is 28.4 Å².